The van der Waals surface area contributed by atoms with Crippen molar-refractivity contribution < 1.29 is 5.11 Å². The zero-order valence-electron chi connectivity index (χ0n) is 9.84. The summed E-state index contributed by atoms with van der Waals surface area (Å²) >= 11 is 5.89. The van der Waals surface area contributed by atoms with Crippen molar-refractivity contribution in [3.05, 3.63) is 53.7 Å². The van der Waals surface area contributed by atoms with Gasteiger partial charge in [0.1, 0.15) is 11.6 Å². The Morgan fingerprint density at radius 2 is 1.84 bits per heavy atom. The Morgan fingerprint density at radius 1 is 1.05 bits per heavy atom. The Bertz CT molecular complexity index is 746. The highest BCUT2D eigenvalue weighted by atomic mass is 35.5. The molecule has 0 aliphatic rings. The third kappa shape index (κ3) is 2.44. The van der Waals surface area contributed by atoms with Crippen molar-refractivity contribution in [1.29, 1.82) is 0 Å². The second-order valence-corrected chi connectivity index (χ2v) is 4.47. The van der Waals surface area contributed by atoms with Crippen LogP contribution in [0.1, 0.15) is 0 Å². The molecule has 0 saturated heterocycles. The molecule has 0 atom stereocenters. The molecule has 3 rings (SSSR count). The van der Waals surface area contributed by atoms with Gasteiger partial charge in [-0.2, -0.15) is 0 Å². The fourth-order valence-corrected chi connectivity index (χ4v) is 1.94. The van der Waals surface area contributed by atoms with Gasteiger partial charge in [0.25, 0.3) is 0 Å². The molecular weight excluding hydrogens is 262 g/mol. The zero-order chi connectivity index (χ0) is 13.2. The minimum atomic E-state index is 0.111. The van der Waals surface area contributed by atoms with E-state index < -0.39 is 0 Å². The SMILES string of the molecule is Oc1ccc(Cl)cc1Nc1cnc2ccccc2n1. The van der Waals surface area contributed by atoms with Crippen LogP contribution in [0, 0.1) is 0 Å². The molecule has 1 aromatic heterocycles. The first-order valence-electron chi connectivity index (χ1n) is 5.70. The fourth-order valence-electron chi connectivity index (χ4n) is 1.76. The number of nitrogens with zero attached hydrogens (tertiary/aromatic N) is 2. The number of hydrogen-bond acceptors (Lipinski definition) is 4. The molecule has 94 valence electrons. The summed E-state index contributed by atoms with van der Waals surface area (Å²) in [6.45, 7) is 0. The van der Waals surface area contributed by atoms with E-state index in [0.29, 0.717) is 16.5 Å². The summed E-state index contributed by atoms with van der Waals surface area (Å²) in [5, 5.41) is 13.3. The van der Waals surface area contributed by atoms with Crippen LogP contribution in [-0.2, 0) is 0 Å². The van der Waals surface area contributed by atoms with Gasteiger partial charge in [-0.3, -0.25) is 4.98 Å². The van der Waals surface area contributed by atoms with E-state index in [-0.39, 0.29) is 5.75 Å². The van der Waals surface area contributed by atoms with Crippen LogP contribution in [0.15, 0.2) is 48.7 Å². The molecule has 0 fully saturated rings. The quantitative estimate of drug-likeness (QED) is 0.697. The average Bonchev–Trinajstić information content (AvgIpc) is 2.43. The monoisotopic (exact) mass is 271 g/mol. The van der Waals surface area contributed by atoms with E-state index in [4.69, 9.17) is 11.6 Å². The minimum Gasteiger partial charge on any atom is -0.506 e. The van der Waals surface area contributed by atoms with Crippen LogP contribution in [0.5, 0.6) is 5.75 Å². The number of anilines is 2. The standard InChI is InChI=1S/C14H10ClN3O/c15-9-5-6-13(19)12(7-9)18-14-8-16-10-3-1-2-4-11(10)17-14/h1-8,19H,(H,17,18). The van der Waals surface area contributed by atoms with Gasteiger partial charge in [-0.15, -0.1) is 0 Å². The number of benzene rings is 2. The number of para-hydroxylation sites is 2. The maximum Gasteiger partial charge on any atom is 0.149 e. The van der Waals surface area contributed by atoms with Crippen molar-refractivity contribution in [2.24, 2.45) is 0 Å². The molecule has 19 heavy (non-hydrogen) atoms. The number of phenols is 1. The first-order chi connectivity index (χ1) is 9.22. The number of aromatic nitrogens is 2. The summed E-state index contributed by atoms with van der Waals surface area (Å²) in [6.07, 6.45) is 1.61. The normalized spacial score (nSPS) is 10.6. The molecule has 2 N–H and O–H groups in total. The summed E-state index contributed by atoms with van der Waals surface area (Å²) in [7, 11) is 0. The molecule has 0 bridgehead atoms. The number of fused-ring (bicyclic) bond motifs is 1. The number of rotatable bonds is 2. The van der Waals surface area contributed by atoms with Crippen molar-refractivity contribution in [3.8, 4) is 5.75 Å². The molecule has 2 aromatic carbocycles. The van der Waals surface area contributed by atoms with Crippen LogP contribution in [-0.4, -0.2) is 15.1 Å². The van der Waals surface area contributed by atoms with Crippen LogP contribution in [0.4, 0.5) is 11.5 Å². The third-order valence-electron chi connectivity index (χ3n) is 2.67. The highest BCUT2D eigenvalue weighted by Gasteiger charge is 2.04. The molecule has 5 heteroatoms. The first-order valence-corrected chi connectivity index (χ1v) is 6.07. The van der Waals surface area contributed by atoms with Crippen LogP contribution in [0.25, 0.3) is 11.0 Å². The lowest BCUT2D eigenvalue weighted by Gasteiger charge is -2.08. The highest BCUT2D eigenvalue weighted by molar-refractivity contribution is 6.30. The summed E-state index contributed by atoms with van der Waals surface area (Å²) < 4.78 is 0. The summed E-state index contributed by atoms with van der Waals surface area (Å²) in [5.74, 6) is 0.663. The van der Waals surface area contributed by atoms with Crippen molar-refractivity contribution in [2.75, 3.05) is 5.32 Å². The Morgan fingerprint density at radius 3 is 2.68 bits per heavy atom. The molecule has 0 aliphatic carbocycles. The van der Waals surface area contributed by atoms with Gasteiger partial charge >= 0.3 is 0 Å². The summed E-state index contributed by atoms with van der Waals surface area (Å²) in [6, 6.07) is 12.4. The van der Waals surface area contributed by atoms with Crippen molar-refractivity contribution in [2.45, 2.75) is 0 Å². The first kappa shape index (κ1) is 11.7. The lowest BCUT2D eigenvalue weighted by molar-refractivity contribution is 0.477. The fraction of sp³-hybridized carbons (Fsp3) is 0. The number of aromatic hydroxyl groups is 1. The molecule has 0 radical (unpaired) electrons. The van der Waals surface area contributed by atoms with E-state index >= 15 is 0 Å². The second kappa shape index (κ2) is 4.74. The smallest absolute Gasteiger partial charge is 0.149 e. The lowest BCUT2D eigenvalue weighted by Crippen LogP contribution is -1.95. The van der Waals surface area contributed by atoms with Gasteiger partial charge in [-0.1, -0.05) is 23.7 Å². The zero-order valence-corrected chi connectivity index (χ0v) is 10.6. The molecule has 4 nitrogen and oxygen atoms in total. The minimum absolute atomic E-state index is 0.111. The summed E-state index contributed by atoms with van der Waals surface area (Å²) in [5.41, 5.74) is 2.11. The predicted octanol–water partition coefficient (Wildman–Crippen LogP) is 3.73. The van der Waals surface area contributed by atoms with Crippen LogP contribution >= 0.6 is 11.6 Å². The predicted molar refractivity (Wildman–Crippen MR) is 75.9 cm³/mol. The van der Waals surface area contributed by atoms with Gasteiger partial charge in [0.05, 0.1) is 22.9 Å². The van der Waals surface area contributed by atoms with E-state index in [1.165, 1.54) is 6.07 Å². The molecule has 0 unspecified atom stereocenters. The Balaban J connectivity index is 1.98. The number of halogens is 1. The molecule has 3 aromatic rings. The van der Waals surface area contributed by atoms with E-state index in [2.05, 4.69) is 15.3 Å². The lowest BCUT2D eigenvalue weighted by atomic mass is 10.3. The van der Waals surface area contributed by atoms with Gasteiger partial charge in [0, 0.05) is 5.02 Å². The maximum absolute atomic E-state index is 9.74. The van der Waals surface area contributed by atoms with E-state index in [1.54, 1.807) is 18.3 Å². The molecule has 1 heterocycles. The molecule has 0 amide bonds. The van der Waals surface area contributed by atoms with E-state index in [0.717, 1.165) is 11.0 Å². The largest absolute Gasteiger partial charge is 0.506 e. The molecule has 0 spiro atoms. The molecule has 0 aliphatic heterocycles. The van der Waals surface area contributed by atoms with Gasteiger partial charge in [0.15, 0.2) is 0 Å². The Hall–Kier alpha value is -2.33. The van der Waals surface area contributed by atoms with E-state index in [1.807, 2.05) is 24.3 Å². The van der Waals surface area contributed by atoms with Crippen LogP contribution in [0.2, 0.25) is 5.02 Å². The van der Waals surface area contributed by atoms with Gasteiger partial charge in [-0.05, 0) is 30.3 Å². The third-order valence-corrected chi connectivity index (χ3v) is 2.90. The second-order valence-electron chi connectivity index (χ2n) is 4.03. The van der Waals surface area contributed by atoms with Crippen molar-refractivity contribution in [3.63, 3.8) is 0 Å². The Labute approximate surface area is 114 Å². The van der Waals surface area contributed by atoms with Crippen LogP contribution in [0.3, 0.4) is 0 Å². The summed E-state index contributed by atoms with van der Waals surface area (Å²) in [4.78, 5) is 8.70. The van der Waals surface area contributed by atoms with Gasteiger partial charge in [0.2, 0.25) is 0 Å². The number of hydrogen-bond donors (Lipinski definition) is 2. The topological polar surface area (TPSA) is 58.0 Å². The van der Waals surface area contributed by atoms with Gasteiger partial charge < -0.3 is 10.4 Å². The number of phenolic OH excluding ortho intramolecular Hbond substituents is 1. The molecule has 0 saturated carbocycles. The van der Waals surface area contributed by atoms with Crippen molar-refractivity contribution >= 4 is 34.1 Å². The average molecular weight is 272 g/mol. The number of nitrogens with one attached hydrogen (secondary N) is 1. The van der Waals surface area contributed by atoms with Crippen LogP contribution < -0.4 is 5.32 Å². The van der Waals surface area contributed by atoms with Gasteiger partial charge in [-0.25, -0.2) is 4.98 Å². The van der Waals surface area contributed by atoms with Crippen molar-refractivity contribution in [1.82, 2.24) is 9.97 Å². The highest BCUT2D eigenvalue weighted by Crippen LogP contribution is 2.29. The Kier molecular flexibility index (Phi) is 2.93. The maximum atomic E-state index is 9.74. The van der Waals surface area contributed by atoms with E-state index in [9.17, 15) is 5.11 Å². The molecular formula is C14H10ClN3O.